The van der Waals surface area contributed by atoms with Crippen LogP contribution in [0.25, 0.3) is 0 Å². The van der Waals surface area contributed by atoms with Gasteiger partial charge in [0, 0.05) is 32.2 Å². The Bertz CT molecular complexity index is 295. The van der Waals surface area contributed by atoms with Crippen LogP contribution in [0.5, 0.6) is 0 Å². The van der Waals surface area contributed by atoms with Gasteiger partial charge in [-0.1, -0.05) is 0 Å². The van der Waals surface area contributed by atoms with Crippen molar-refractivity contribution in [2.24, 2.45) is 5.73 Å². The Morgan fingerprint density at radius 2 is 2.16 bits per heavy atom. The first-order valence-electron chi connectivity index (χ1n) is 7.08. The molecule has 0 aliphatic carbocycles. The Hall–Kier alpha value is -0.690. The molecule has 0 amide bonds. The highest BCUT2D eigenvalue weighted by molar-refractivity contribution is 5.75. The van der Waals surface area contributed by atoms with Crippen molar-refractivity contribution in [1.29, 1.82) is 0 Å². The molecule has 0 aromatic carbocycles. The van der Waals surface area contributed by atoms with E-state index in [1.54, 1.807) is 0 Å². The number of ether oxygens (including phenoxy) is 2. The average Bonchev–Trinajstić information content (AvgIpc) is 2.93. The predicted octanol–water partition coefficient (Wildman–Crippen LogP) is -0.717. The van der Waals surface area contributed by atoms with Crippen LogP contribution in [0.3, 0.4) is 0 Å². The summed E-state index contributed by atoms with van der Waals surface area (Å²) < 4.78 is 10.0. The number of hydrogen-bond donors (Lipinski definition) is 1. The number of hydrogen-bond acceptors (Lipinski definition) is 6. The first-order chi connectivity index (χ1) is 9.20. The van der Waals surface area contributed by atoms with Crippen LogP contribution >= 0.6 is 0 Å². The van der Waals surface area contributed by atoms with Crippen LogP contribution in [0.2, 0.25) is 0 Å². The quantitative estimate of drug-likeness (QED) is 0.666. The van der Waals surface area contributed by atoms with Gasteiger partial charge in [0.25, 0.3) is 0 Å². The molecule has 0 aromatic heterocycles. The molecule has 0 aromatic rings. The highest BCUT2D eigenvalue weighted by Crippen LogP contribution is 2.17. The van der Waals surface area contributed by atoms with Gasteiger partial charge in [0.05, 0.1) is 20.3 Å². The first-order valence-corrected chi connectivity index (χ1v) is 7.08. The molecule has 0 bridgehead atoms. The summed E-state index contributed by atoms with van der Waals surface area (Å²) in [5, 5.41) is 0. The fourth-order valence-corrected chi connectivity index (χ4v) is 2.85. The molecule has 2 heterocycles. The van der Waals surface area contributed by atoms with Crippen LogP contribution in [0.1, 0.15) is 12.8 Å². The van der Waals surface area contributed by atoms with Gasteiger partial charge in [0.1, 0.15) is 6.04 Å². The fourth-order valence-electron chi connectivity index (χ4n) is 2.85. The lowest BCUT2D eigenvalue weighted by atomic mass is 10.2. The molecule has 2 rings (SSSR count). The number of carbonyl (C=O) groups excluding carboxylic acids is 1. The molecule has 6 nitrogen and oxygen atoms in total. The molecule has 110 valence electrons. The zero-order valence-corrected chi connectivity index (χ0v) is 11.7. The van der Waals surface area contributed by atoms with Crippen molar-refractivity contribution < 1.29 is 14.3 Å². The second kappa shape index (κ2) is 7.19. The molecule has 2 fully saturated rings. The minimum absolute atomic E-state index is 0.316. The first kappa shape index (κ1) is 14.7. The highest BCUT2D eigenvalue weighted by Gasteiger charge is 2.29. The van der Waals surface area contributed by atoms with E-state index in [9.17, 15) is 4.79 Å². The lowest BCUT2D eigenvalue weighted by Gasteiger charge is -2.32. The Morgan fingerprint density at radius 1 is 1.42 bits per heavy atom. The second-order valence-corrected chi connectivity index (χ2v) is 5.31. The van der Waals surface area contributed by atoms with Gasteiger partial charge in [-0.3, -0.25) is 9.69 Å². The van der Waals surface area contributed by atoms with Crippen molar-refractivity contribution in [1.82, 2.24) is 9.80 Å². The van der Waals surface area contributed by atoms with Crippen LogP contribution in [-0.2, 0) is 14.3 Å². The summed E-state index contributed by atoms with van der Waals surface area (Å²) in [5.41, 5.74) is 5.76. The lowest BCUT2D eigenvalue weighted by molar-refractivity contribution is -0.142. The molecule has 2 N–H and O–H groups in total. The third kappa shape index (κ3) is 4.14. The second-order valence-electron chi connectivity index (χ2n) is 5.31. The van der Waals surface area contributed by atoms with Gasteiger partial charge in [0.2, 0.25) is 0 Å². The molecule has 19 heavy (non-hydrogen) atoms. The highest BCUT2D eigenvalue weighted by atomic mass is 16.5. The summed E-state index contributed by atoms with van der Waals surface area (Å²) in [6.45, 7) is 6.83. The maximum absolute atomic E-state index is 11.2. The third-order valence-corrected chi connectivity index (χ3v) is 4.07. The molecular weight excluding hydrogens is 246 g/mol. The van der Waals surface area contributed by atoms with Crippen LogP contribution in [0.15, 0.2) is 0 Å². The van der Waals surface area contributed by atoms with Gasteiger partial charge < -0.3 is 20.1 Å². The minimum Gasteiger partial charge on any atom is -0.468 e. The van der Waals surface area contributed by atoms with E-state index in [0.717, 1.165) is 45.9 Å². The van der Waals surface area contributed by atoms with Crippen molar-refractivity contribution in [2.75, 3.05) is 53.0 Å². The van der Waals surface area contributed by atoms with Crippen LogP contribution in [-0.4, -0.2) is 80.9 Å². The number of methoxy groups -OCH3 is 1. The number of carbonyl (C=O) groups is 1. The summed E-state index contributed by atoms with van der Waals surface area (Å²) in [6.07, 6.45) is 1.87. The zero-order chi connectivity index (χ0) is 13.7. The molecule has 0 saturated carbocycles. The maximum atomic E-state index is 11.2. The molecular formula is C13H25N3O3. The van der Waals surface area contributed by atoms with Gasteiger partial charge >= 0.3 is 5.97 Å². The standard InChI is InChI=1S/C13H25N3O3/c1-18-13(17)12(14)3-5-15-4-2-11(10-15)16-6-8-19-9-7-16/h11-12H,2-10,14H2,1H3. The summed E-state index contributed by atoms with van der Waals surface area (Å²) in [4.78, 5) is 16.1. The van der Waals surface area contributed by atoms with E-state index in [2.05, 4.69) is 14.5 Å². The van der Waals surface area contributed by atoms with Gasteiger partial charge in [-0.25, -0.2) is 0 Å². The smallest absolute Gasteiger partial charge is 0.322 e. The van der Waals surface area contributed by atoms with E-state index in [1.165, 1.54) is 13.5 Å². The molecule has 0 spiro atoms. The molecule has 0 radical (unpaired) electrons. The predicted molar refractivity (Wildman–Crippen MR) is 71.8 cm³/mol. The number of morpholine rings is 1. The summed E-state index contributed by atoms with van der Waals surface area (Å²) in [6, 6.07) is 0.144. The van der Waals surface area contributed by atoms with E-state index in [-0.39, 0.29) is 5.97 Å². The normalized spacial score (nSPS) is 27.4. The molecule has 2 unspecified atom stereocenters. The van der Waals surface area contributed by atoms with E-state index in [0.29, 0.717) is 12.5 Å². The van der Waals surface area contributed by atoms with Crippen LogP contribution in [0.4, 0.5) is 0 Å². The average molecular weight is 271 g/mol. The fraction of sp³-hybridized carbons (Fsp3) is 0.923. The van der Waals surface area contributed by atoms with Crippen LogP contribution < -0.4 is 5.73 Å². The van der Waals surface area contributed by atoms with E-state index >= 15 is 0 Å². The molecule has 2 aliphatic rings. The van der Waals surface area contributed by atoms with Gasteiger partial charge in [0.15, 0.2) is 0 Å². The minimum atomic E-state index is -0.493. The number of esters is 1. The number of rotatable bonds is 5. The van der Waals surface area contributed by atoms with Crippen molar-refractivity contribution in [3.05, 3.63) is 0 Å². The largest absolute Gasteiger partial charge is 0.468 e. The van der Waals surface area contributed by atoms with Gasteiger partial charge in [-0.15, -0.1) is 0 Å². The third-order valence-electron chi connectivity index (χ3n) is 4.07. The zero-order valence-electron chi connectivity index (χ0n) is 11.7. The van der Waals surface area contributed by atoms with E-state index < -0.39 is 6.04 Å². The number of nitrogens with two attached hydrogens (primary N) is 1. The van der Waals surface area contributed by atoms with Crippen molar-refractivity contribution in [3.63, 3.8) is 0 Å². The Balaban J connectivity index is 1.68. The summed E-state index contributed by atoms with van der Waals surface area (Å²) in [5.74, 6) is -0.316. The van der Waals surface area contributed by atoms with E-state index in [4.69, 9.17) is 10.5 Å². The van der Waals surface area contributed by atoms with Crippen molar-refractivity contribution in [3.8, 4) is 0 Å². The summed E-state index contributed by atoms with van der Waals surface area (Å²) >= 11 is 0. The maximum Gasteiger partial charge on any atom is 0.322 e. The van der Waals surface area contributed by atoms with Crippen LogP contribution in [0, 0.1) is 0 Å². The Labute approximate surface area is 114 Å². The Kier molecular flexibility index (Phi) is 5.57. The van der Waals surface area contributed by atoms with E-state index in [1.807, 2.05) is 0 Å². The monoisotopic (exact) mass is 271 g/mol. The SMILES string of the molecule is COC(=O)C(N)CCN1CCC(N2CCOCC2)C1. The topological polar surface area (TPSA) is 68.0 Å². The molecule has 2 atom stereocenters. The van der Waals surface area contributed by atoms with Crippen molar-refractivity contribution in [2.45, 2.75) is 24.9 Å². The summed E-state index contributed by atoms with van der Waals surface area (Å²) in [7, 11) is 1.38. The van der Waals surface area contributed by atoms with Gasteiger partial charge in [-0.05, 0) is 19.4 Å². The Morgan fingerprint density at radius 3 is 2.84 bits per heavy atom. The molecule has 6 heteroatoms. The molecule has 2 saturated heterocycles. The number of likely N-dealkylation sites (tertiary alicyclic amines) is 1. The number of nitrogens with zero attached hydrogens (tertiary/aromatic N) is 2. The van der Waals surface area contributed by atoms with Gasteiger partial charge in [-0.2, -0.15) is 0 Å². The molecule has 2 aliphatic heterocycles. The van der Waals surface area contributed by atoms with Crippen molar-refractivity contribution >= 4 is 5.97 Å². The lowest BCUT2D eigenvalue weighted by Crippen LogP contribution is -2.45.